The lowest BCUT2D eigenvalue weighted by Gasteiger charge is -2.27. The van der Waals surface area contributed by atoms with Gasteiger partial charge in [-0.1, -0.05) is 12.1 Å². The summed E-state index contributed by atoms with van der Waals surface area (Å²) in [6.45, 7) is 5.08. The fourth-order valence-electron chi connectivity index (χ4n) is 2.74. The van der Waals surface area contributed by atoms with Crippen molar-refractivity contribution in [1.82, 2.24) is 4.98 Å². The molecule has 7 nitrogen and oxygen atoms in total. The van der Waals surface area contributed by atoms with Crippen molar-refractivity contribution in [3.8, 4) is 0 Å². The van der Waals surface area contributed by atoms with E-state index in [0.29, 0.717) is 31.1 Å². The van der Waals surface area contributed by atoms with Gasteiger partial charge in [0.1, 0.15) is 5.82 Å². The quantitative estimate of drug-likeness (QED) is 0.612. The third kappa shape index (κ3) is 5.40. The third-order valence-electron chi connectivity index (χ3n) is 4.21. The van der Waals surface area contributed by atoms with E-state index in [1.165, 1.54) is 6.08 Å². The van der Waals surface area contributed by atoms with Crippen LogP contribution in [-0.2, 0) is 14.3 Å². The lowest BCUT2D eigenvalue weighted by molar-refractivity contribution is -0.137. The minimum absolute atomic E-state index is 0.226. The van der Waals surface area contributed by atoms with Crippen LogP contribution in [0.25, 0.3) is 6.08 Å². The van der Waals surface area contributed by atoms with Crippen LogP contribution < -0.4 is 10.2 Å². The summed E-state index contributed by atoms with van der Waals surface area (Å²) in [6, 6.07) is 10.8. The highest BCUT2D eigenvalue weighted by Gasteiger charge is 2.13. The highest BCUT2D eigenvalue weighted by atomic mass is 16.5. The zero-order chi connectivity index (χ0) is 19.8. The summed E-state index contributed by atoms with van der Waals surface area (Å²) in [6.07, 6.45) is 4.62. The van der Waals surface area contributed by atoms with Gasteiger partial charge in [-0.15, -0.1) is 0 Å². The number of ether oxygens (including phenoxy) is 2. The molecule has 0 aliphatic carbocycles. The SMILES string of the molecule is CCOC(=O)C=Cc1ccc(NC(=O)c2ccc(N3CCOCC3)nc2)cc1. The van der Waals surface area contributed by atoms with E-state index >= 15 is 0 Å². The lowest BCUT2D eigenvalue weighted by atomic mass is 10.2. The predicted octanol–water partition coefficient (Wildman–Crippen LogP) is 2.75. The van der Waals surface area contributed by atoms with Gasteiger partial charge in [0.25, 0.3) is 5.91 Å². The van der Waals surface area contributed by atoms with Crippen molar-refractivity contribution in [2.45, 2.75) is 6.92 Å². The van der Waals surface area contributed by atoms with Crippen LogP contribution in [0.3, 0.4) is 0 Å². The number of carbonyl (C=O) groups excluding carboxylic acids is 2. The average molecular weight is 381 g/mol. The highest BCUT2D eigenvalue weighted by molar-refractivity contribution is 6.04. The molecule has 0 saturated carbocycles. The molecule has 2 aromatic rings. The minimum atomic E-state index is -0.382. The maximum Gasteiger partial charge on any atom is 0.330 e. The van der Waals surface area contributed by atoms with Gasteiger partial charge in [0.2, 0.25) is 0 Å². The topological polar surface area (TPSA) is 80.8 Å². The number of anilines is 2. The van der Waals surface area contributed by atoms with Gasteiger partial charge in [-0.05, 0) is 42.8 Å². The van der Waals surface area contributed by atoms with Crippen molar-refractivity contribution in [2.24, 2.45) is 0 Å². The van der Waals surface area contributed by atoms with E-state index < -0.39 is 0 Å². The van der Waals surface area contributed by atoms with Gasteiger partial charge in [0, 0.05) is 31.0 Å². The zero-order valence-electron chi connectivity index (χ0n) is 15.8. The summed E-state index contributed by atoms with van der Waals surface area (Å²) in [5.74, 6) is 0.237. The normalized spacial score (nSPS) is 14.1. The number of nitrogens with one attached hydrogen (secondary N) is 1. The van der Waals surface area contributed by atoms with Gasteiger partial charge < -0.3 is 19.7 Å². The van der Waals surface area contributed by atoms with Gasteiger partial charge in [0.15, 0.2) is 0 Å². The first-order valence-corrected chi connectivity index (χ1v) is 9.20. The number of aromatic nitrogens is 1. The Morgan fingerprint density at radius 2 is 1.93 bits per heavy atom. The number of rotatable bonds is 6. The molecule has 2 heterocycles. The number of hydrogen-bond acceptors (Lipinski definition) is 6. The molecule has 28 heavy (non-hydrogen) atoms. The van der Waals surface area contributed by atoms with Crippen molar-refractivity contribution >= 4 is 29.5 Å². The van der Waals surface area contributed by atoms with Gasteiger partial charge in [-0.2, -0.15) is 0 Å². The molecule has 7 heteroatoms. The van der Waals surface area contributed by atoms with E-state index in [1.807, 2.05) is 18.2 Å². The van der Waals surface area contributed by atoms with Crippen LogP contribution in [0.2, 0.25) is 0 Å². The molecule has 0 radical (unpaired) electrons. The molecule has 146 valence electrons. The molecule has 1 aromatic carbocycles. The van der Waals surface area contributed by atoms with Gasteiger partial charge >= 0.3 is 5.97 Å². The molecule has 0 unspecified atom stereocenters. The molecule has 3 rings (SSSR count). The van der Waals surface area contributed by atoms with Gasteiger partial charge in [-0.25, -0.2) is 9.78 Å². The maximum absolute atomic E-state index is 12.4. The van der Waals surface area contributed by atoms with Crippen molar-refractivity contribution in [2.75, 3.05) is 43.1 Å². The number of amides is 1. The van der Waals surface area contributed by atoms with Crippen LogP contribution in [0.1, 0.15) is 22.8 Å². The zero-order valence-corrected chi connectivity index (χ0v) is 15.8. The summed E-state index contributed by atoms with van der Waals surface area (Å²) >= 11 is 0. The van der Waals surface area contributed by atoms with Crippen LogP contribution in [0, 0.1) is 0 Å². The molecule has 1 aromatic heterocycles. The summed E-state index contributed by atoms with van der Waals surface area (Å²) in [7, 11) is 0. The fraction of sp³-hybridized carbons (Fsp3) is 0.286. The van der Waals surface area contributed by atoms with Crippen LogP contribution in [0.4, 0.5) is 11.5 Å². The smallest absolute Gasteiger partial charge is 0.330 e. The molecular weight excluding hydrogens is 358 g/mol. The Balaban J connectivity index is 1.57. The predicted molar refractivity (Wildman–Crippen MR) is 107 cm³/mol. The lowest BCUT2D eigenvalue weighted by Crippen LogP contribution is -2.36. The molecular formula is C21H23N3O4. The van der Waals surface area contributed by atoms with Crippen molar-refractivity contribution in [3.05, 3.63) is 59.8 Å². The van der Waals surface area contributed by atoms with E-state index in [9.17, 15) is 9.59 Å². The second-order valence-electron chi connectivity index (χ2n) is 6.17. The molecule has 0 spiro atoms. The van der Waals surface area contributed by atoms with Crippen molar-refractivity contribution in [3.63, 3.8) is 0 Å². The Labute approximate surface area is 164 Å². The number of pyridine rings is 1. The van der Waals surface area contributed by atoms with Gasteiger partial charge in [0.05, 0.1) is 25.4 Å². The van der Waals surface area contributed by atoms with Crippen LogP contribution in [-0.4, -0.2) is 49.8 Å². The first-order chi connectivity index (χ1) is 13.7. The molecule has 1 amide bonds. The highest BCUT2D eigenvalue weighted by Crippen LogP contribution is 2.15. The number of benzene rings is 1. The van der Waals surface area contributed by atoms with Gasteiger partial charge in [-0.3, -0.25) is 4.79 Å². The Morgan fingerprint density at radius 3 is 2.57 bits per heavy atom. The van der Waals surface area contributed by atoms with Crippen LogP contribution >= 0.6 is 0 Å². The fourth-order valence-corrected chi connectivity index (χ4v) is 2.74. The summed E-state index contributed by atoms with van der Waals surface area (Å²) in [5, 5.41) is 2.84. The second kappa shape index (κ2) is 9.66. The molecule has 1 aliphatic heterocycles. The second-order valence-corrected chi connectivity index (χ2v) is 6.17. The Morgan fingerprint density at radius 1 is 1.18 bits per heavy atom. The Bertz CT molecular complexity index is 826. The van der Waals surface area contributed by atoms with E-state index in [1.54, 1.807) is 37.4 Å². The van der Waals surface area contributed by atoms with E-state index in [4.69, 9.17) is 9.47 Å². The van der Waals surface area contributed by atoms with E-state index in [2.05, 4.69) is 15.2 Å². The summed E-state index contributed by atoms with van der Waals surface area (Å²) < 4.78 is 10.2. The number of morpholine rings is 1. The van der Waals surface area contributed by atoms with E-state index in [-0.39, 0.29) is 11.9 Å². The molecule has 1 aliphatic rings. The number of nitrogens with zero attached hydrogens (tertiary/aromatic N) is 2. The Kier molecular flexibility index (Phi) is 6.75. The van der Waals surface area contributed by atoms with Crippen molar-refractivity contribution in [1.29, 1.82) is 0 Å². The van der Waals surface area contributed by atoms with E-state index in [0.717, 1.165) is 24.5 Å². The maximum atomic E-state index is 12.4. The third-order valence-corrected chi connectivity index (χ3v) is 4.21. The monoisotopic (exact) mass is 381 g/mol. The summed E-state index contributed by atoms with van der Waals surface area (Å²) in [4.78, 5) is 30.3. The molecule has 1 saturated heterocycles. The van der Waals surface area contributed by atoms with Crippen LogP contribution in [0.15, 0.2) is 48.7 Å². The Hall–Kier alpha value is -3.19. The number of carbonyl (C=O) groups is 2. The molecule has 0 atom stereocenters. The molecule has 1 fully saturated rings. The van der Waals surface area contributed by atoms with Crippen LogP contribution in [0.5, 0.6) is 0 Å². The minimum Gasteiger partial charge on any atom is -0.463 e. The molecule has 0 bridgehead atoms. The summed E-state index contributed by atoms with van der Waals surface area (Å²) in [5.41, 5.74) is 1.99. The number of esters is 1. The standard InChI is InChI=1S/C21H23N3O4/c1-2-28-20(25)10-5-16-3-7-18(8-4-16)23-21(26)17-6-9-19(22-15-17)24-11-13-27-14-12-24/h3-10,15H,2,11-14H2,1H3,(H,23,26). The molecule has 1 N–H and O–H groups in total. The first kappa shape index (κ1) is 19.6. The average Bonchev–Trinajstić information content (AvgIpc) is 2.74. The first-order valence-electron chi connectivity index (χ1n) is 9.20. The number of hydrogen-bond donors (Lipinski definition) is 1. The van der Waals surface area contributed by atoms with Crippen molar-refractivity contribution < 1.29 is 19.1 Å². The largest absolute Gasteiger partial charge is 0.463 e.